The summed E-state index contributed by atoms with van der Waals surface area (Å²) in [4.78, 5) is 11.4. The van der Waals surface area contributed by atoms with Crippen LogP contribution in [0.25, 0.3) is 0 Å². The Hall–Kier alpha value is -1.95. The molecule has 0 fully saturated rings. The molecular formula is C13H20N2O4. The number of benzene rings is 1. The number of nitrogens with two attached hydrogens (primary N) is 1. The first-order valence-corrected chi connectivity index (χ1v) is 5.83. The Kier molecular flexibility index (Phi) is 5.44. The lowest BCUT2D eigenvalue weighted by Crippen LogP contribution is -2.40. The predicted octanol–water partition coefficient (Wildman–Crippen LogP) is 0.328. The molecule has 1 rings (SSSR count). The molecule has 19 heavy (non-hydrogen) atoms. The average molecular weight is 268 g/mol. The van der Waals surface area contributed by atoms with Crippen LogP contribution in [-0.2, 0) is 11.2 Å². The highest BCUT2D eigenvalue weighted by atomic mass is 16.5. The molecule has 106 valence electrons. The SMILES string of the molecule is CNC(=O)[C@@H](N)Cc1cc(OC)c(OC)c(OC)c1. The first kappa shape index (κ1) is 15.1. The molecular weight excluding hydrogens is 248 g/mol. The van der Waals surface area contributed by atoms with Gasteiger partial charge in [-0.3, -0.25) is 4.79 Å². The van der Waals surface area contributed by atoms with Crippen LogP contribution in [0.15, 0.2) is 12.1 Å². The topological polar surface area (TPSA) is 82.8 Å². The maximum atomic E-state index is 11.4. The minimum atomic E-state index is -0.618. The van der Waals surface area contributed by atoms with E-state index in [1.54, 1.807) is 33.4 Å². The molecule has 1 aromatic carbocycles. The molecule has 1 atom stereocenters. The van der Waals surface area contributed by atoms with Crippen molar-refractivity contribution in [3.63, 3.8) is 0 Å². The van der Waals surface area contributed by atoms with Crippen molar-refractivity contribution in [1.29, 1.82) is 0 Å². The van der Waals surface area contributed by atoms with E-state index in [9.17, 15) is 4.79 Å². The molecule has 1 amide bonds. The zero-order chi connectivity index (χ0) is 14.4. The van der Waals surface area contributed by atoms with E-state index < -0.39 is 6.04 Å². The standard InChI is InChI=1S/C13H20N2O4/c1-15-13(16)9(14)5-8-6-10(17-2)12(19-4)11(7-8)18-3/h6-7,9H,5,14H2,1-4H3,(H,15,16)/t9-/m0/s1. The Morgan fingerprint density at radius 3 is 2.11 bits per heavy atom. The molecule has 0 saturated carbocycles. The molecule has 0 aliphatic heterocycles. The molecule has 6 nitrogen and oxygen atoms in total. The molecule has 6 heteroatoms. The van der Waals surface area contributed by atoms with Gasteiger partial charge in [0.15, 0.2) is 11.5 Å². The molecule has 0 aromatic heterocycles. The van der Waals surface area contributed by atoms with Crippen LogP contribution in [0.4, 0.5) is 0 Å². The normalized spacial score (nSPS) is 11.6. The minimum Gasteiger partial charge on any atom is -0.493 e. The first-order valence-electron chi connectivity index (χ1n) is 5.83. The largest absolute Gasteiger partial charge is 0.493 e. The van der Waals surface area contributed by atoms with Gasteiger partial charge in [0.25, 0.3) is 0 Å². The third-order valence-corrected chi connectivity index (χ3v) is 2.76. The average Bonchev–Trinajstić information content (AvgIpc) is 2.44. The van der Waals surface area contributed by atoms with E-state index >= 15 is 0 Å². The molecule has 0 heterocycles. The summed E-state index contributed by atoms with van der Waals surface area (Å²) in [6.45, 7) is 0. The second-order valence-electron chi connectivity index (χ2n) is 3.96. The van der Waals surface area contributed by atoms with Crippen molar-refractivity contribution < 1.29 is 19.0 Å². The van der Waals surface area contributed by atoms with Gasteiger partial charge in [-0.25, -0.2) is 0 Å². The maximum Gasteiger partial charge on any atom is 0.237 e. The number of rotatable bonds is 6. The van der Waals surface area contributed by atoms with Crippen molar-refractivity contribution >= 4 is 5.91 Å². The van der Waals surface area contributed by atoms with Gasteiger partial charge in [0.05, 0.1) is 27.4 Å². The number of hydrogen-bond donors (Lipinski definition) is 2. The highest BCUT2D eigenvalue weighted by Crippen LogP contribution is 2.38. The van der Waals surface area contributed by atoms with Gasteiger partial charge >= 0.3 is 0 Å². The van der Waals surface area contributed by atoms with Crippen molar-refractivity contribution in [2.45, 2.75) is 12.5 Å². The van der Waals surface area contributed by atoms with E-state index in [0.717, 1.165) is 5.56 Å². The Balaban J connectivity index is 3.06. The summed E-state index contributed by atoms with van der Waals surface area (Å²) in [6.07, 6.45) is 0.385. The smallest absolute Gasteiger partial charge is 0.237 e. The maximum absolute atomic E-state index is 11.4. The molecule has 0 bridgehead atoms. The molecule has 3 N–H and O–H groups in total. The van der Waals surface area contributed by atoms with Gasteiger partial charge in [0.2, 0.25) is 11.7 Å². The fourth-order valence-corrected chi connectivity index (χ4v) is 1.79. The highest BCUT2D eigenvalue weighted by Gasteiger charge is 2.17. The molecule has 0 radical (unpaired) electrons. The van der Waals surface area contributed by atoms with E-state index in [-0.39, 0.29) is 5.91 Å². The predicted molar refractivity (Wildman–Crippen MR) is 71.8 cm³/mol. The zero-order valence-electron chi connectivity index (χ0n) is 11.6. The zero-order valence-corrected chi connectivity index (χ0v) is 11.6. The third-order valence-electron chi connectivity index (χ3n) is 2.76. The Bertz CT molecular complexity index is 423. The van der Waals surface area contributed by atoms with E-state index in [2.05, 4.69) is 5.32 Å². The van der Waals surface area contributed by atoms with Gasteiger partial charge in [-0.2, -0.15) is 0 Å². The summed E-state index contributed by atoms with van der Waals surface area (Å²) in [5.74, 6) is 1.39. The second kappa shape index (κ2) is 6.84. The van der Waals surface area contributed by atoms with Crippen LogP contribution in [0.1, 0.15) is 5.56 Å². The lowest BCUT2D eigenvalue weighted by atomic mass is 10.0. The quantitative estimate of drug-likeness (QED) is 0.777. The number of ether oxygens (including phenoxy) is 3. The summed E-state index contributed by atoms with van der Waals surface area (Å²) in [6, 6.07) is 2.95. The van der Waals surface area contributed by atoms with Gasteiger partial charge in [0.1, 0.15) is 0 Å². The first-order chi connectivity index (χ1) is 9.07. The van der Waals surface area contributed by atoms with Crippen LogP contribution < -0.4 is 25.3 Å². The molecule has 0 aliphatic carbocycles. The second-order valence-corrected chi connectivity index (χ2v) is 3.96. The van der Waals surface area contributed by atoms with E-state index in [1.807, 2.05) is 0 Å². The van der Waals surface area contributed by atoms with E-state index in [1.165, 1.54) is 7.11 Å². The Morgan fingerprint density at radius 2 is 1.74 bits per heavy atom. The van der Waals surface area contributed by atoms with Crippen LogP contribution in [-0.4, -0.2) is 40.3 Å². The van der Waals surface area contributed by atoms with E-state index in [4.69, 9.17) is 19.9 Å². The highest BCUT2D eigenvalue weighted by molar-refractivity contribution is 5.81. The lowest BCUT2D eigenvalue weighted by Gasteiger charge is -2.15. The molecule has 1 aromatic rings. The van der Waals surface area contributed by atoms with Gasteiger partial charge in [-0.1, -0.05) is 0 Å². The minimum absolute atomic E-state index is 0.214. The fraction of sp³-hybridized carbons (Fsp3) is 0.462. The summed E-state index contributed by atoms with van der Waals surface area (Å²) < 4.78 is 15.7. The summed E-state index contributed by atoms with van der Waals surface area (Å²) in [5, 5.41) is 2.51. The van der Waals surface area contributed by atoms with Crippen LogP contribution in [0.2, 0.25) is 0 Å². The van der Waals surface area contributed by atoms with Crippen LogP contribution in [0.3, 0.4) is 0 Å². The number of likely N-dealkylation sites (N-methyl/N-ethyl adjacent to an activating group) is 1. The van der Waals surface area contributed by atoms with Crippen molar-refractivity contribution in [1.82, 2.24) is 5.32 Å². The van der Waals surface area contributed by atoms with E-state index in [0.29, 0.717) is 23.7 Å². The van der Waals surface area contributed by atoms with Gasteiger partial charge in [-0.15, -0.1) is 0 Å². The number of nitrogens with one attached hydrogen (secondary N) is 1. The number of carbonyl (C=O) groups excluding carboxylic acids is 1. The molecule has 0 unspecified atom stereocenters. The number of methoxy groups -OCH3 is 3. The monoisotopic (exact) mass is 268 g/mol. The van der Waals surface area contributed by atoms with Crippen molar-refractivity contribution in [3.8, 4) is 17.2 Å². The molecule has 0 aliphatic rings. The van der Waals surface area contributed by atoms with Crippen molar-refractivity contribution in [2.24, 2.45) is 5.73 Å². The fourth-order valence-electron chi connectivity index (χ4n) is 1.79. The number of hydrogen-bond acceptors (Lipinski definition) is 5. The van der Waals surface area contributed by atoms with Gasteiger partial charge in [-0.05, 0) is 24.1 Å². The van der Waals surface area contributed by atoms with Crippen LogP contribution in [0.5, 0.6) is 17.2 Å². The summed E-state index contributed by atoms with van der Waals surface area (Å²) >= 11 is 0. The van der Waals surface area contributed by atoms with Crippen LogP contribution in [0, 0.1) is 0 Å². The number of carbonyl (C=O) groups is 1. The summed E-state index contributed by atoms with van der Waals surface area (Å²) in [5.41, 5.74) is 6.63. The van der Waals surface area contributed by atoms with Crippen molar-refractivity contribution in [3.05, 3.63) is 17.7 Å². The summed E-state index contributed by atoms with van der Waals surface area (Å²) in [7, 11) is 6.17. The van der Waals surface area contributed by atoms with Gasteiger partial charge in [0, 0.05) is 7.05 Å². The third kappa shape index (κ3) is 3.51. The molecule has 0 spiro atoms. The van der Waals surface area contributed by atoms with Gasteiger partial charge < -0.3 is 25.3 Å². The Labute approximate surface area is 112 Å². The van der Waals surface area contributed by atoms with Crippen molar-refractivity contribution in [2.75, 3.05) is 28.4 Å². The molecule has 0 saturated heterocycles. The number of amides is 1. The van der Waals surface area contributed by atoms with Crippen LogP contribution >= 0.6 is 0 Å². The Morgan fingerprint density at radius 1 is 1.21 bits per heavy atom. The lowest BCUT2D eigenvalue weighted by molar-refractivity contribution is -0.121.